The summed E-state index contributed by atoms with van der Waals surface area (Å²) in [5, 5.41) is -0.311. The van der Waals surface area contributed by atoms with Crippen LogP contribution in [0.2, 0.25) is 0 Å². The van der Waals surface area contributed by atoms with Crippen LogP contribution in [-0.4, -0.2) is 43.8 Å². The molecular formula is C17H16F6N4O4S. The van der Waals surface area contributed by atoms with Crippen molar-refractivity contribution in [1.29, 1.82) is 0 Å². The zero-order valence-electron chi connectivity index (χ0n) is 16.2. The number of nitrogens with one attached hydrogen (secondary N) is 1. The average molecular weight is 486 g/mol. The number of amides is 2. The Bertz CT molecular complexity index is 1030. The summed E-state index contributed by atoms with van der Waals surface area (Å²) in [4.78, 5) is 22.2. The molecule has 176 valence electrons. The SMILES string of the molecule is CCON(C(=O)N(CC(F)(F)F)NS(=O)(=O)c1ccccc1)c1cc(C(F)(F)F)ccn1. The van der Waals surface area contributed by atoms with Crippen molar-refractivity contribution in [3.63, 3.8) is 0 Å². The molecule has 0 unspecified atom stereocenters. The number of nitrogens with zero attached hydrogens (tertiary/aromatic N) is 3. The summed E-state index contributed by atoms with van der Waals surface area (Å²) in [6.45, 7) is -1.18. The molecule has 0 radical (unpaired) electrons. The van der Waals surface area contributed by atoms with Gasteiger partial charge in [0, 0.05) is 6.20 Å². The summed E-state index contributed by atoms with van der Waals surface area (Å²) in [7, 11) is -4.67. The highest BCUT2D eigenvalue weighted by Gasteiger charge is 2.39. The molecule has 0 aliphatic carbocycles. The molecule has 1 aromatic carbocycles. The molecule has 0 spiro atoms. The number of hydrogen-bond acceptors (Lipinski definition) is 5. The lowest BCUT2D eigenvalue weighted by Gasteiger charge is -2.29. The molecule has 0 saturated carbocycles. The highest BCUT2D eigenvalue weighted by molar-refractivity contribution is 7.89. The fourth-order valence-electron chi connectivity index (χ4n) is 2.28. The third kappa shape index (κ3) is 6.80. The first-order valence-corrected chi connectivity index (χ1v) is 10.1. The van der Waals surface area contributed by atoms with Gasteiger partial charge in [-0.25, -0.2) is 23.2 Å². The van der Waals surface area contributed by atoms with Crippen LogP contribution >= 0.6 is 0 Å². The Labute approximate surface area is 178 Å². The Morgan fingerprint density at radius 3 is 2.25 bits per heavy atom. The Morgan fingerprint density at radius 2 is 1.72 bits per heavy atom. The summed E-state index contributed by atoms with van der Waals surface area (Å²) in [5.41, 5.74) is -1.26. The largest absolute Gasteiger partial charge is 0.416 e. The molecule has 0 fully saturated rings. The van der Waals surface area contributed by atoms with Gasteiger partial charge >= 0.3 is 18.4 Å². The Hall–Kier alpha value is -2.91. The number of aromatic nitrogens is 1. The van der Waals surface area contributed by atoms with E-state index in [-0.39, 0.29) is 16.7 Å². The van der Waals surface area contributed by atoms with E-state index in [1.165, 1.54) is 30.0 Å². The second kappa shape index (κ2) is 9.70. The van der Waals surface area contributed by atoms with Crippen molar-refractivity contribution in [3.05, 3.63) is 54.2 Å². The summed E-state index contributed by atoms with van der Waals surface area (Å²) in [6.07, 6.45) is -9.26. The molecular weight excluding hydrogens is 470 g/mol. The van der Waals surface area contributed by atoms with Crippen molar-refractivity contribution in [2.45, 2.75) is 24.2 Å². The minimum atomic E-state index is -5.08. The van der Waals surface area contributed by atoms with Gasteiger partial charge in [-0.05, 0) is 31.2 Å². The fourth-order valence-corrected chi connectivity index (χ4v) is 3.33. The Morgan fingerprint density at radius 1 is 1.09 bits per heavy atom. The van der Waals surface area contributed by atoms with E-state index in [0.29, 0.717) is 18.3 Å². The van der Waals surface area contributed by atoms with Gasteiger partial charge in [0.15, 0.2) is 5.82 Å². The van der Waals surface area contributed by atoms with Crippen LogP contribution in [0.1, 0.15) is 12.5 Å². The van der Waals surface area contributed by atoms with Gasteiger partial charge < -0.3 is 0 Å². The van der Waals surface area contributed by atoms with Crippen LogP contribution in [0.3, 0.4) is 0 Å². The molecule has 0 bridgehead atoms. The normalized spacial score (nSPS) is 12.5. The molecule has 0 saturated heterocycles. The number of pyridine rings is 1. The maximum absolute atomic E-state index is 13.1. The van der Waals surface area contributed by atoms with E-state index in [4.69, 9.17) is 4.84 Å². The number of hydrogen-bond donors (Lipinski definition) is 1. The number of sulfonamides is 1. The van der Waals surface area contributed by atoms with Crippen LogP contribution in [0.4, 0.5) is 37.0 Å². The number of carbonyl (C=O) groups excluding carboxylic acids is 1. The first-order valence-electron chi connectivity index (χ1n) is 8.66. The predicted molar refractivity (Wildman–Crippen MR) is 98.3 cm³/mol. The third-order valence-electron chi connectivity index (χ3n) is 3.57. The van der Waals surface area contributed by atoms with E-state index < -0.39 is 51.2 Å². The molecule has 8 nitrogen and oxygen atoms in total. The average Bonchev–Trinajstić information content (AvgIpc) is 2.70. The molecule has 0 aliphatic heterocycles. The van der Waals surface area contributed by atoms with Gasteiger partial charge in [0.2, 0.25) is 0 Å². The van der Waals surface area contributed by atoms with E-state index in [1.807, 2.05) is 0 Å². The van der Waals surface area contributed by atoms with Crippen LogP contribution in [0.15, 0.2) is 53.6 Å². The van der Waals surface area contributed by atoms with Gasteiger partial charge in [0.05, 0.1) is 17.1 Å². The van der Waals surface area contributed by atoms with Crippen molar-refractivity contribution < 1.29 is 44.4 Å². The molecule has 2 aromatic rings. The van der Waals surface area contributed by atoms with Gasteiger partial charge in [-0.2, -0.15) is 26.3 Å². The van der Waals surface area contributed by atoms with Crippen molar-refractivity contribution in [2.75, 3.05) is 18.2 Å². The number of rotatable bonds is 7. The second-order valence-corrected chi connectivity index (χ2v) is 7.67. The molecule has 1 aromatic heterocycles. The lowest BCUT2D eigenvalue weighted by molar-refractivity contribution is -0.142. The number of halogens is 6. The fraction of sp³-hybridized carbons (Fsp3) is 0.294. The van der Waals surface area contributed by atoms with E-state index in [1.54, 1.807) is 0 Å². The summed E-state index contributed by atoms with van der Waals surface area (Å²) < 4.78 is 103. The number of alkyl halides is 6. The van der Waals surface area contributed by atoms with Crippen molar-refractivity contribution >= 4 is 21.9 Å². The lowest BCUT2D eigenvalue weighted by atomic mass is 10.2. The second-order valence-electron chi connectivity index (χ2n) is 6.00. The molecule has 0 aliphatic rings. The quantitative estimate of drug-likeness (QED) is 0.476. The number of anilines is 1. The highest BCUT2D eigenvalue weighted by atomic mass is 32.2. The maximum Gasteiger partial charge on any atom is 0.416 e. The van der Waals surface area contributed by atoms with Crippen molar-refractivity contribution in [1.82, 2.24) is 14.8 Å². The molecule has 0 atom stereocenters. The summed E-state index contributed by atoms with van der Waals surface area (Å²) in [6, 6.07) is 5.34. The number of urea groups is 1. The Balaban J connectivity index is 2.46. The Kier molecular flexibility index (Phi) is 7.69. The number of hydroxylamine groups is 1. The van der Waals surface area contributed by atoms with Gasteiger partial charge in [0.1, 0.15) is 6.54 Å². The molecule has 2 rings (SSSR count). The minimum Gasteiger partial charge on any atom is -0.263 e. The maximum atomic E-state index is 13.1. The molecule has 2 amide bonds. The number of carbonyl (C=O) groups is 1. The molecule has 1 N–H and O–H groups in total. The van der Waals surface area contributed by atoms with Gasteiger partial charge in [0.25, 0.3) is 10.0 Å². The van der Waals surface area contributed by atoms with Crippen molar-refractivity contribution in [2.24, 2.45) is 0 Å². The summed E-state index contributed by atoms with van der Waals surface area (Å²) >= 11 is 0. The van der Waals surface area contributed by atoms with Crippen LogP contribution < -0.4 is 9.89 Å². The molecule has 32 heavy (non-hydrogen) atoms. The van der Waals surface area contributed by atoms with E-state index >= 15 is 0 Å². The van der Waals surface area contributed by atoms with E-state index in [2.05, 4.69) is 4.98 Å². The van der Waals surface area contributed by atoms with Crippen LogP contribution in [-0.2, 0) is 21.0 Å². The number of hydrazine groups is 1. The van der Waals surface area contributed by atoms with Gasteiger partial charge in [-0.15, -0.1) is 9.89 Å². The zero-order chi connectivity index (χ0) is 24.2. The summed E-state index contributed by atoms with van der Waals surface area (Å²) in [5.74, 6) is -0.808. The highest BCUT2D eigenvalue weighted by Crippen LogP contribution is 2.31. The zero-order valence-corrected chi connectivity index (χ0v) is 17.0. The van der Waals surface area contributed by atoms with Gasteiger partial charge in [-0.3, -0.25) is 4.84 Å². The first-order chi connectivity index (χ1) is 14.7. The first kappa shape index (κ1) is 25.4. The van der Waals surface area contributed by atoms with Gasteiger partial charge in [-0.1, -0.05) is 18.2 Å². The predicted octanol–water partition coefficient (Wildman–Crippen LogP) is 3.74. The van der Waals surface area contributed by atoms with Crippen LogP contribution in [0.25, 0.3) is 0 Å². The molecule has 1 heterocycles. The van der Waals surface area contributed by atoms with E-state index in [9.17, 15) is 39.6 Å². The molecule has 15 heteroatoms. The smallest absolute Gasteiger partial charge is 0.263 e. The minimum absolute atomic E-state index is 0.0362. The van der Waals surface area contributed by atoms with Crippen LogP contribution in [0.5, 0.6) is 0 Å². The van der Waals surface area contributed by atoms with E-state index in [0.717, 1.165) is 12.1 Å². The van der Waals surface area contributed by atoms with Crippen LogP contribution in [0, 0.1) is 0 Å². The monoisotopic (exact) mass is 486 g/mol. The van der Waals surface area contributed by atoms with Crippen molar-refractivity contribution in [3.8, 4) is 0 Å². The topological polar surface area (TPSA) is 91.8 Å². The number of benzene rings is 1. The standard InChI is InChI=1S/C17H16F6N4O4S/c1-2-31-27(14-10-12(8-9-24-14)17(21,22)23)15(28)26(11-16(18,19)20)25-32(29,30)13-6-4-3-5-7-13/h3-10,25H,2,11H2,1H3. The third-order valence-corrected chi connectivity index (χ3v) is 4.92. The lowest BCUT2D eigenvalue weighted by Crippen LogP contribution is -2.55.